The van der Waals surface area contributed by atoms with Crippen LogP contribution in [0.4, 0.5) is 0 Å². The summed E-state index contributed by atoms with van der Waals surface area (Å²) in [5.74, 6) is -0.0610. The third-order valence-electron chi connectivity index (χ3n) is 2.47. The van der Waals surface area contributed by atoms with Crippen molar-refractivity contribution < 1.29 is 13.2 Å². The van der Waals surface area contributed by atoms with E-state index in [0.717, 1.165) is 24.5 Å². The molecule has 1 amide bonds. The molecule has 0 radical (unpaired) electrons. The van der Waals surface area contributed by atoms with Gasteiger partial charge in [0.15, 0.2) is 9.84 Å². The first-order valence-electron chi connectivity index (χ1n) is 6.14. The molecule has 0 fully saturated rings. The van der Waals surface area contributed by atoms with E-state index in [1.807, 2.05) is 30.3 Å². The van der Waals surface area contributed by atoms with E-state index in [1.165, 1.54) is 11.6 Å². The van der Waals surface area contributed by atoms with Gasteiger partial charge in [0.25, 0.3) is 0 Å². The molecule has 5 heteroatoms. The second-order valence-electron chi connectivity index (χ2n) is 4.34. The summed E-state index contributed by atoms with van der Waals surface area (Å²) in [4.78, 5) is 11.5. The Morgan fingerprint density at radius 1 is 1.26 bits per heavy atom. The highest BCUT2D eigenvalue weighted by molar-refractivity contribution is 7.93. The summed E-state index contributed by atoms with van der Waals surface area (Å²) in [5.41, 5.74) is 1.22. The van der Waals surface area contributed by atoms with Crippen molar-refractivity contribution in [2.45, 2.75) is 19.3 Å². The molecule has 19 heavy (non-hydrogen) atoms. The molecule has 1 N–H and O–H groups in total. The highest BCUT2D eigenvalue weighted by Crippen LogP contribution is 2.04. The van der Waals surface area contributed by atoms with E-state index in [4.69, 9.17) is 0 Å². The van der Waals surface area contributed by atoms with Crippen LogP contribution in [0.2, 0.25) is 0 Å². The number of benzene rings is 1. The predicted molar refractivity (Wildman–Crippen MR) is 76.4 cm³/mol. The van der Waals surface area contributed by atoms with Gasteiger partial charge in [-0.25, -0.2) is 8.42 Å². The lowest BCUT2D eigenvalue weighted by atomic mass is 10.1. The van der Waals surface area contributed by atoms with Crippen LogP contribution in [0, 0.1) is 0 Å². The number of rotatable bonds is 7. The van der Waals surface area contributed by atoms with Gasteiger partial charge in [-0.2, -0.15) is 0 Å². The third-order valence-corrected chi connectivity index (χ3v) is 3.16. The van der Waals surface area contributed by atoms with Gasteiger partial charge < -0.3 is 5.32 Å². The second-order valence-corrected chi connectivity index (χ2v) is 6.28. The van der Waals surface area contributed by atoms with Gasteiger partial charge in [0.1, 0.15) is 0 Å². The van der Waals surface area contributed by atoms with Crippen LogP contribution in [0.1, 0.15) is 18.4 Å². The van der Waals surface area contributed by atoms with Gasteiger partial charge in [0, 0.05) is 24.6 Å². The van der Waals surface area contributed by atoms with Crippen LogP contribution in [0.3, 0.4) is 0 Å². The maximum absolute atomic E-state index is 11.5. The maximum atomic E-state index is 11.5. The first kappa shape index (κ1) is 15.4. The molecule has 0 saturated carbocycles. The summed E-state index contributed by atoms with van der Waals surface area (Å²) in [6.07, 6.45) is 4.65. The number of hydrogen-bond donors (Lipinski definition) is 1. The molecule has 0 saturated heterocycles. The van der Waals surface area contributed by atoms with Crippen LogP contribution in [0.25, 0.3) is 0 Å². The average Bonchev–Trinajstić information content (AvgIpc) is 2.35. The van der Waals surface area contributed by atoms with Gasteiger partial charge in [-0.05, 0) is 18.4 Å². The molecule has 4 nitrogen and oxygen atoms in total. The smallest absolute Gasteiger partial charge is 0.220 e. The summed E-state index contributed by atoms with van der Waals surface area (Å²) in [5, 5.41) is 3.75. The quantitative estimate of drug-likeness (QED) is 0.827. The molecule has 0 unspecified atom stereocenters. The molecular formula is C14H19NO3S. The van der Waals surface area contributed by atoms with Crippen molar-refractivity contribution in [1.82, 2.24) is 5.32 Å². The van der Waals surface area contributed by atoms with Gasteiger partial charge in [-0.3, -0.25) is 4.79 Å². The fourth-order valence-corrected chi connectivity index (χ4v) is 2.03. The number of nitrogens with one attached hydrogen (secondary N) is 1. The monoisotopic (exact) mass is 281 g/mol. The van der Waals surface area contributed by atoms with Gasteiger partial charge >= 0.3 is 0 Å². The normalized spacial score (nSPS) is 11.6. The first-order valence-corrected chi connectivity index (χ1v) is 8.10. The van der Waals surface area contributed by atoms with Gasteiger partial charge in [-0.1, -0.05) is 36.4 Å². The van der Waals surface area contributed by atoms with E-state index in [0.29, 0.717) is 6.42 Å². The molecule has 1 aromatic carbocycles. The van der Waals surface area contributed by atoms with Gasteiger partial charge in [0.2, 0.25) is 5.91 Å². The average molecular weight is 281 g/mol. The predicted octanol–water partition coefficient (Wildman–Crippen LogP) is 1.68. The topological polar surface area (TPSA) is 63.2 Å². The van der Waals surface area contributed by atoms with Crippen molar-refractivity contribution in [2.75, 3.05) is 12.8 Å². The van der Waals surface area contributed by atoms with Crippen molar-refractivity contribution in [3.8, 4) is 0 Å². The molecule has 104 valence electrons. The van der Waals surface area contributed by atoms with Crippen molar-refractivity contribution in [2.24, 2.45) is 0 Å². The molecule has 0 spiro atoms. The molecule has 1 aromatic rings. The Bertz CT molecular complexity index is 521. The zero-order valence-electron chi connectivity index (χ0n) is 11.0. The van der Waals surface area contributed by atoms with E-state index in [-0.39, 0.29) is 12.5 Å². The largest absolute Gasteiger partial charge is 0.353 e. The fourth-order valence-electron chi connectivity index (χ4n) is 1.58. The summed E-state index contributed by atoms with van der Waals surface area (Å²) < 4.78 is 21.6. The number of sulfone groups is 1. The minimum Gasteiger partial charge on any atom is -0.353 e. The number of aryl methyl sites for hydroxylation is 1. The number of amides is 1. The number of hydrogen-bond acceptors (Lipinski definition) is 3. The minimum absolute atomic E-state index is 0.0610. The van der Waals surface area contributed by atoms with Gasteiger partial charge in [-0.15, -0.1) is 0 Å². The minimum atomic E-state index is -3.11. The first-order chi connectivity index (χ1) is 8.97. The maximum Gasteiger partial charge on any atom is 0.220 e. The van der Waals surface area contributed by atoms with E-state index >= 15 is 0 Å². The molecule has 0 bridgehead atoms. The molecule has 0 aliphatic rings. The Morgan fingerprint density at radius 2 is 1.95 bits per heavy atom. The lowest BCUT2D eigenvalue weighted by molar-refractivity contribution is -0.120. The van der Waals surface area contributed by atoms with Crippen LogP contribution >= 0.6 is 0 Å². The van der Waals surface area contributed by atoms with Crippen molar-refractivity contribution in [3.05, 3.63) is 47.4 Å². The fraction of sp³-hybridized carbons (Fsp3) is 0.357. The van der Waals surface area contributed by atoms with E-state index in [9.17, 15) is 13.2 Å². The standard InChI is InChI=1S/C14H19NO3S/c1-19(17,18)12-6-11-15-14(16)10-5-9-13-7-3-2-4-8-13/h2-4,6-8,12H,5,9-11H2,1H3,(H,15,16)/b12-6+. The Hall–Kier alpha value is -1.62. The Kier molecular flexibility index (Phi) is 6.29. The zero-order chi connectivity index (χ0) is 14.1. The molecule has 0 heterocycles. The molecule has 0 aliphatic heterocycles. The SMILES string of the molecule is CS(=O)(=O)/C=C/CNC(=O)CCCc1ccccc1. The Labute approximate surface area is 114 Å². The lowest BCUT2D eigenvalue weighted by Gasteiger charge is -2.02. The van der Waals surface area contributed by atoms with Crippen molar-refractivity contribution in [1.29, 1.82) is 0 Å². The van der Waals surface area contributed by atoms with Crippen LogP contribution in [0.15, 0.2) is 41.8 Å². The van der Waals surface area contributed by atoms with Crippen LogP contribution in [-0.4, -0.2) is 27.1 Å². The third kappa shape index (κ3) is 8.15. The Balaban J connectivity index is 2.17. The van der Waals surface area contributed by atoms with Gasteiger partial charge in [0.05, 0.1) is 0 Å². The molecule has 1 rings (SSSR count). The highest BCUT2D eigenvalue weighted by atomic mass is 32.2. The summed E-state index contributed by atoms with van der Waals surface area (Å²) in [6.45, 7) is 0.247. The highest BCUT2D eigenvalue weighted by Gasteiger charge is 2.00. The number of carbonyl (C=O) groups excluding carboxylic acids is 1. The second kappa shape index (κ2) is 7.74. The Morgan fingerprint density at radius 3 is 2.58 bits per heavy atom. The summed E-state index contributed by atoms with van der Waals surface area (Å²) >= 11 is 0. The van der Waals surface area contributed by atoms with E-state index < -0.39 is 9.84 Å². The van der Waals surface area contributed by atoms with E-state index in [2.05, 4.69) is 5.32 Å². The van der Waals surface area contributed by atoms with Crippen molar-refractivity contribution in [3.63, 3.8) is 0 Å². The summed E-state index contributed by atoms with van der Waals surface area (Å²) in [7, 11) is -3.11. The lowest BCUT2D eigenvalue weighted by Crippen LogP contribution is -2.23. The molecule has 0 aromatic heterocycles. The van der Waals surface area contributed by atoms with Crippen LogP contribution in [0.5, 0.6) is 0 Å². The molecule has 0 atom stereocenters. The van der Waals surface area contributed by atoms with Crippen LogP contribution in [-0.2, 0) is 21.1 Å². The summed E-state index contributed by atoms with van der Waals surface area (Å²) in [6, 6.07) is 9.99. The molecule has 0 aliphatic carbocycles. The van der Waals surface area contributed by atoms with Crippen LogP contribution < -0.4 is 5.32 Å². The zero-order valence-corrected chi connectivity index (χ0v) is 11.8. The molecular weight excluding hydrogens is 262 g/mol. The van der Waals surface area contributed by atoms with E-state index in [1.54, 1.807) is 0 Å². The van der Waals surface area contributed by atoms with Crippen molar-refractivity contribution >= 4 is 15.7 Å². The number of carbonyl (C=O) groups is 1.